The Bertz CT molecular complexity index is 558. The fourth-order valence-electron chi connectivity index (χ4n) is 1.93. The summed E-state index contributed by atoms with van der Waals surface area (Å²) in [6, 6.07) is 3.38. The van der Waals surface area contributed by atoms with Crippen molar-refractivity contribution in [2.45, 2.75) is 18.9 Å². The van der Waals surface area contributed by atoms with Crippen LogP contribution < -0.4 is 5.73 Å². The van der Waals surface area contributed by atoms with E-state index in [0.29, 0.717) is 17.2 Å². The zero-order valence-electron chi connectivity index (χ0n) is 9.57. The highest BCUT2D eigenvalue weighted by atomic mass is 32.1. The molecule has 1 aromatic carbocycles. The Morgan fingerprint density at radius 2 is 1.89 bits per heavy atom. The van der Waals surface area contributed by atoms with Crippen LogP contribution in [0.2, 0.25) is 0 Å². The van der Waals surface area contributed by atoms with Gasteiger partial charge in [0.25, 0.3) is 0 Å². The summed E-state index contributed by atoms with van der Waals surface area (Å²) in [5.74, 6) is -0.662. The second-order valence-corrected chi connectivity index (χ2v) is 5.48. The highest BCUT2D eigenvalue weighted by molar-refractivity contribution is 7.10. The molecule has 1 unspecified atom stereocenters. The van der Waals surface area contributed by atoms with Crippen LogP contribution in [0.1, 0.15) is 23.9 Å². The standard InChI is InChI=1S/C13H12F2N2S/c14-9-3-8(4-10(15)5-9)11-6-18-13(17-11)12(16)7-1-2-7/h3-7,12H,1-2,16H2. The molecule has 0 radical (unpaired) electrons. The van der Waals surface area contributed by atoms with Gasteiger partial charge in [0.1, 0.15) is 16.6 Å². The van der Waals surface area contributed by atoms with E-state index in [1.807, 2.05) is 0 Å². The first-order chi connectivity index (χ1) is 8.63. The molecule has 0 spiro atoms. The van der Waals surface area contributed by atoms with E-state index < -0.39 is 11.6 Å². The molecule has 2 nitrogen and oxygen atoms in total. The first kappa shape index (κ1) is 11.7. The lowest BCUT2D eigenvalue weighted by Gasteiger charge is -2.04. The Hall–Kier alpha value is -1.33. The lowest BCUT2D eigenvalue weighted by Crippen LogP contribution is -2.11. The zero-order chi connectivity index (χ0) is 12.7. The Labute approximate surface area is 107 Å². The predicted molar refractivity (Wildman–Crippen MR) is 67.1 cm³/mol. The number of hydrogen-bond acceptors (Lipinski definition) is 3. The highest BCUT2D eigenvalue weighted by Gasteiger charge is 2.31. The summed E-state index contributed by atoms with van der Waals surface area (Å²) in [4.78, 5) is 4.38. The fraction of sp³-hybridized carbons (Fsp3) is 0.308. The van der Waals surface area contributed by atoms with E-state index >= 15 is 0 Å². The molecule has 0 bridgehead atoms. The molecular formula is C13H12F2N2S. The topological polar surface area (TPSA) is 38.9 Å². The highest BCUT2D eigenvalue weighted by Crippen LogP contribution is 2.40. The molecule has 1 aromatic heterocycles. The summed E-state index contributed by atoms with van der Waals surface area (Å²) in [5.41, 5.74) is 7.10. The molecule has 1 heterocycles. The molecule has 5 heteroatoms. The molecule has 94 valence electrons. The maximum Gasteiger partial charge on any atom is 0.126 e. The maximum absolute atomic E-state index is 13.1. The number of nitrogens with zero attached hydrogens (tertiary/aromatic N) is 1. The van der Waals surface area contributed by atoms with Crippen molar-refractivity contribution in [1.29, 1.82) is 0 Å². The van der Waals surface area contributed by atoms with Crippen LogP contribution in [0.25, 0.3) is 11.3 Å². The van der Waals surface area contributed by atoms with Gasteiger partial charge in [-0.3, -0.25) is 0 Å². The van der Waals surface area contributed by atoms with Gasteiger partial charge >= 0.3 is 0 Å². The third kappa shape index (κ3) is 2.28. The van der Waals surface area contributed by atoms with Gasteiger partial charge in [-0.1, -0.05) is 0 Å². The van der Waals surface area contributed by atoms with E-state index in [-0.39, 0.29) is 6.04 Å². The van der Waals surface area contributed by atoms with Crippen molar-refractivity contribution in [1.82, 2.24) is 4.98 Å². The van der Waals surface area contributed by atoms with E-state index in [4.69, 9.17) is 5.73 Å². The van der Waals surface area contributed by atoms with Crippen LogP contribution in [-0.2, 0) is 0 Å². The zero-order valence-corrected chi connectivity index (χ0v) is 10.4. The fourth-order valence-corrected chi connectivity index (χ4v) is 2.85. The summed E-state index contributed by atoms with van der Waals surface area (Å²) in [6.07, 6.45) is 2.29. The summed E-state index contributed by atoms with van der Waals surface area (Å²) in [5, 5.41) is 2.64. The van der Waals surface area contributed by atoms with Gasteiger partial charge in [-0.25, -0.2) is 13.8 Å². The Morgan fingerprint density at radius 1 is 1.22 bits per heavy atom. The van der Waals surface area contributed by atoms with Crippen molar-refractivity contribution < 1.29 is 8.78 Å². The van der Waals surface area contributed by atoms with Crippen LogP contribution in [0.3, 0.4) is 0 Å². The summed E-state index contributed by atoms with van der Waals surface area (Å²) in [7, 11) is 0. The molecule has 3 rings (SSSR count). The molecule has 2 aromatic rings. The van der Waals surface area contributed by atoms with Gasteiger partial charge in [0.15, 0.2) is 0 Å². The Morgan fingerprint density at radius 3 is 2.50 bits per heavy atom. The minimum Gasteiger partial charge on any atom is -0.322 e. The number of rotatable bonds is 3. The molecule has 1 fully saturated rings. The predicted octanol–water partition coefficient (Wildman–Crippen LogP) is 3.50. The van der Waals surface area contributed by atoms with E-state index in [0.717, 1.165) is 23.9 Å². The Kier molecular flexibility index (Phi) is 2.87. The molecule has 1 atom stereocenters. The monoisotopic (exact) mass is 266 g/mol. The minimum atomic E-state index is -0.592. The normalized spacial score (nSPS) is 16.8. The second kappa shape index (κ2) is 4.40. The molecular weight excluding hydrogens is 254 g/mol. The van der Waals surface area contributed by atoms with Crippen LogP contribution in [0, 0.1) is 17.6 Å². The van der Waals surface area contributed by atoms with Gasteiger partial charge in [0.05, 0.1) is 11.7 Å². The number of benzene rings is 1. The largest absolute Gasteiger partial charge is 0.322 e. The van der Waals surface area contributed by atoms with Gasteiger partial charge < -0.3 is 5.73 Å². The molecule has 1 aliphatic carbocycles. The van der Waals surface area contributed by atoms with Gasteiger partial charge in [-0.15, -0.1) is 11.3 Å². The van der Waals surface area contributed by atoms with Crippen molar-refractivity contribution in [2.24, 2.45) is 11.7 Å². The van der Waals surface area contributed by atoms with Gasteiger partial charge in [0, 0.05) is 17.0 Å². The summed E-state index contributed by atoms with van der Waals surface area (Å²) >= 11 is 1.45. The van der Waals surface area contributed by atoms with Crippen molar-refractivity contribution >= 4 is 11.3 Å². The van der Waals surface area contributed by atoms with Gasteiger partial charge in [-0.05, 0) is 30.9 Å². The first-order valence-electron chi connectivity index (χ1n) is 5.81. The number of halogens is 2. The molecule has 18 heavy (non-hydrogen) atoms. The van der Waals surface area contributed by atoms with Crippen molar-refractivity contribution in [3.8, 4) is 11.3 Å². The number of aromatic nitrogens is 1. The molecule has 0 amide bonds. The van der Waals surface area contributed by atoms with Gasteiger partial charge in [0.2, 0.25) is 0 Å². The quantitative estimate of drug-likeness (QED) is 0.923. The van der Waals surface area contributed by atoms with E-state index in [9.17, 15) is 8.78 Å². The number of nitrogens with two attached hydrogens (primary N) is 1. The average Bonchev–Trinajstić information content (AvgIpc) is 3.04. The van der Waals surface area contributed by atoms with Crippen LogP contribution in [-0.4, -0.2) is 4.98 Å². The molecule has 1 saturated carbocycles. The molecule has 2 N–H and O–H groups in total. The molecule has 0 saturated heterocycles. The molecule has 0 aliphatic heterocycles. The lowest BCUT2D eigenvalue weighted by molar-refractivity contribution is 0.584. The van der Waals surface area contributed by atoms with Crippen LogP contribution in [0.4, 0.5) is 8.78 Å². The maximum atomic E-state index is 13.1. The second-order valence-electron chi connectivity index (χ2n) is 4.59. The van der Waals surface area contributed by atoms with Gasteiger partial charge in [-0.2, -0.15) is 0 Å². The summed E-state index contributed by atoms with van der Waals surface area (Å²) in [6.45, 7) is 0. The average molecular weight is 266 g/mol. The SMILES string of the molecule is NC(c1nc(-c2cc(F)cc(F)c2)cs1)C1CC1. The number of thiazole rings is 1. The first-order valence-corrected chi connectivity index (χ1v) is 6.69. The lowest BCUT2D eigenvalue weighted by atomic mass is 10.1. The van der Waals surface area contributed by atoms with Crippen molar-refractivity contribution in [3.05, 3.63) is 40.2 Å². The minimum absolute atomic E-state index is 0.0397. The van der Waals surface area contributed by atoms with E-state index in [1.54, 1.807) is 5.38 Å². The van der Waals surface area contributed by atoms with Crippen LogP contribution in [0.15, 0.2) is 23.6 Å². The van der Waals surface area contributed by atoms with Crippen LogP contribution in [0.5, 0.6) is 0 Å². The van der Waals surface area contributed by atoms with Crippen LogP contribution >= 0.6 is 11.3 Å². The summed E-state index contributed by atoms with van der Waals surface area (Å²) < 4.78 is 26.3. The third-order valence-electron chi connectivity index (χ3n) is 3.10. The Balaban J connectivity index is 1.92. The molecule has 1 aliphatic rings. The van der Waals surface area contributed by atoms with Crippen molar-refractivity contribution in [2.75, 3.05) is 0 Å². The number of hydrogen-bond donors (Lipinski definition) is 1. The smallest absolute Gasteiger partial charge is 0.126 e. The van der Waals surface area contributed by atoms with E-state index in [2.05, 4.69) is 4.98 Å². The van der Waals surface area contributed by atoms with Crippen molar-refractivity contribution in [3.63, 3.8) is 0 Å². The third-order valence-corrected chi connectivity index (χ3v) is 4.04. The van der Waals surface area contributed by atoms with E-state index in [1.165, 1.54) is 23.5 Å².